The fourth-order valence-corrected chi connectivity index (χ4v) is 6.77. The second-order valence-corrected chi connectivity index (χ2v) is 13.9. The number of benzene rings is 5. The molecule has 5 aromatic rings. The van der Waals surface area contributed by atoms with E-state index in [1.807, 2.05) is 158 Å². The van der Waals surface area contributed by atoms with Gasteiger partial charge in [-0.05, 0) is 33.9 Å². The van der Waals surface area contributed by atoms with Gasteiger partial charge in [0.15, 0.2) is 12.4 Å². The molecule has 2 heterocycles. The zero-order valence-corrected chi connectivity index (χ0v) is 31.4. The summed E-state index contributed by atoms with van der Waals surface area (Å²) in [6.07, 6.45) is -2.93. The lowest BCUT2D eigenvalue weighted by Gasteiger charge is -2.46. The second-order valence-electron chi connectivity index (χ2n) is 13.9. The lowest BCUT2D eigenvalue weighted by atomic mass is 9.97. The molecule has 1 fully saturated rings. The maximum absolute atomic E-state index is 12.0. The summed E-state index contributed by atoms with van der Waals surface area (Å²) in [5.41, 5.74) is 4.99. The van der Waals surface area contributed by atoms with E-state index in [0.717, 1.165) is 27.8 Å². The third-order valence-corrected chi connectivity index (χ3v) is 9.76. The number of ether oxygens (including phenoxy) is 8. The molecule has 0 amide bonds. The molecule has 0 spiro atoms. The van der Waals surface area contributed by atoms with E-state index >= 15 is 0 Å². The van der Waals surface area contributed by atoms with Crippen LogP contribution in [-0.2, 0) is 70.9 Å². The molecule has 0 radical (unpaired) electrons. The van der Waals surface area contributed by atoms with Gasteiger partial charge in [-0.2, -0.15) is 0 Å². The van der Waals surface area contributed by atoms with Crippen LogP contribution in [0.5, 0.6) is 0 Å². The summed E-state index contributed by atoms with van der Waals surface area (Å²) in [4.78, 5) is 0. The first-order chi connectivity index (χ1) is 27.7. The largest absolute Gasteiger partial charge is 0.493 e. The van der Waals surface area contributed by atoms with E-state index in [-0.39, 0.29) is 26.4 Å². The zero-order chi connectivity index (χ0) is 38.2. The molecule has 5 aromatic carbocycles. The summed E-state index contributed by atoms with van der Waals surface area (Å²) in [6.45, 7) is 1.89. The molecule has 1 N–H and O–H groups in total. The van der Waals surface area contributed by atoms with Gasteiger partial charge < -0.3 is 43.0 Å². The Morgan fingerprint density at radius 2 is 0.857 bits per heavy atom. The van der Waals surface area contributed by atoms with Crippen LogP contribution in [0.1, 0.15) is 27.8 Å². The highest BCUT2D eigenvalue weighted by Crippen LogP contribution is 2.32. The van der Waals surface area contributed by atoms with Gasteiger partial charge in [-0.25, -0.2) is 0 Å². The Morgan fingerprint density at radius 3 is 1.34 bits per heavy atom. The number of aliphatic hydroxyl groups excluding tert-OH is 1. The third kappa shape index (κ3) is 11.4. The minimum atomic E-state index is -1.10. The fraction of sp³-hybridized carbons (Fsp3) is 0.319. The van der Waals surface area contributed by atoms with Crippen molar-refractivity contribution in [3.8, 4) is 0 Å². The highest BCUT2D eigenvalue weighted by Gasteiger charge is 2.50. The standard InChI is InChI=1S/C47H50O9/c48-43-41(33-49-28-35-16-6-1-7-17-35)55-47(46(54-32-39-24-14-5-15-25-39)45(43)53-31-38-22-12-4-13-23-38)56-44-40(52-30-37-20-10-3-11-21-37)26-27-51-42(44)34-50-29-36-18-8-2-9-19-36/h1-27,40-48H,28-34H2/t40-,41-,42-,43+,44+,45+,46-,47+/m1/s1. The van der Waals surface area contributed by atoms with Crippen molar-refractivity contribution in [1.82, 2.24) is 0 Å². The average molecular weight is 759 g/mol. The SMILES string of the molecule is O[C@@H]1[C@H](OCc2ccccc2)[C@@H](OCc2ccccc2)[C@H](O[C@H]2[C@H](OCc3ccccc3)C=CO[C@@H]2COCc2ccccc2)O[C@@H]1COCc1ccccc1. The summed E-state index contributed by atoms with van der Waals surface area (Å²) < 4.78 is 52.0. The fourth-order valence-electron chi connectivity index (χ4n) is 6.77. The number of hydrogen-bond acceptors (Lipinski definition) is 9. The first-order valence-corrected chi connectivity index (χ1v) is 19.2. The summed E-state index contributed by atoms with van der Waals surface area (Å²) >= 11 is 0. The Kier molecular flexibility index (Phi) is 14.8. The van der Waals surface area contributed by atoms with Gasteiger partial charge in [0.05, 0.1) is 52.5 Å². The molecule has 0 bridgehead atoms. The number of aliphatic hydroxyl groups is 1. The van der Waals surface area contributed by atoms with Gasteiger partial charge in [-0.3, -0.25) is 0 Å². The monoisotopic (exact) mass is 758 g/mol. The van der Waals surface area contributed by atoms with Crippen molar-refractivity contribution in [2.45, 2.75) is 82.1 Å². The van der Waals surface area contributed by atoms with Crippen molar-refractivity contribution < 1.29 is 43.0 Å². The van der Waals surface area contributed by atoms with Crippen LogP contribution >= 0.6 is 0 Å². The molecule has 0 saturated carbocycles. The lowest BCUT2D eigenvalue weighted by molar-refractivity contribution is -0.341. The normalized spacial score (nSPS) is 24.7. The molecule has 0 aromatic heterocycles. The van der Waals surface area contributed by atoms with Crippen LogP contribution in [0.15, 0.2) is 164 Å². The van der Waals surface area contributed by atoms with Crippen LogP contribution in [0.25, 0.3) is 0 Å². The third-order valence-electron chi connectivity index (χ3n) is 9.76. The molecule has 9 heteroatoms. The summed E-state index contributed by atoms with van der Waals surface area (Å²) in [5, 5.41) is 12.0. The Labute approximate surface area is 329 Å². The van der Waals surface area contributed by atoms with E-state index in [1.54, 1.807) is 6.26 Å². The predicted molar refractivity (Wildman–Crippen MR) is 211 cm³/mol. The van der Waals surface area contributed by atoms with Gasteiger partial charge in [0, 0.05) is 0 Å². The molecule has 2 aliphatic heterocycles. The molecule has 0 unspecified atom stereocenters. The summed E-state index contributed by atoms with van der Waals surface area (Å²) in [7, 11) is 0. The predicted octanol–water partition coefficient (Wildman–Crippen LogP) is 7.56. The van der Waals surface area contributed by atoms with E-state index in [4.69, 9.17) is 37.9 Å². The Bertz CT molecular complexity index is 1850. The number of rotatable bonds is 19. The summed E-state index contributed by atoms with van der Waals surface area (Å²) in [5.74, 6) is 0. The topological polar surface area (TPSA) is 94.1 Å². The molecule has 8 atom stereocenters. The molecule has 56 heavy (non-hydrogen) atoms. The molecule has 292 valence electrons. The van der Waals surface area contributed by atoms with Crippen LogP contribution < -0.4 is 0 Å². The van der Waals surface area contributed by atoms with E-state index in [1.165, 1.54) is 0 Å². The Morgan fingerprint density at radius 1 is 0.446 bits per heavy atom. The van der Waals surface area contributed by atoms with Crippen LogP contribution in [0.3, 0.4) is 0 Å². The maximum Gasteiger partial charge on any atom is 0.187 e. The van der Waals surface area contributed by atoms with Gasteiger partial charge in [-0.15, -0.1) is 0 Å². The Hall–Kier alpha value is -4.68. The lowest BCUT2D eigenvalue weighted by Crippen LogP contribution is -2.62. The van der Waals surface area contributed by atoms with Crippen molar-refractivity contribution in [3.05, 3.63) is 192 Å². The summed E-state index contributed by atoms with van der Waals surface area (Å²) in [6, 6.07) is 49.6. The number of hydrogen-bond donors (Lipinski definition) is 1. The van der Waals surface area contributed by atoms with Crippen molar-refractivity contribution in [2.75, 3.05) is 13.2 Å². The van der Waals surface area contributed by atoms with Gasteiger partial charge in [0.1, 0.15) is 36.6 Å². The van der Waals surface area contributed by atoms with Gasteiger partial charge in [0.25, 0.3) is 0 Å². The van der Waals surface area contributed by atoms with Crippen molar-refractivity contribution in [1.29, 1.82) is 0 Å². The van der Waals surface area contributed by atoms with E-state index < -0.39 is 49.0 Å². The van der Waals surface area contributed by atoms with Gasteiger partial charge in [0.2, 0.25) is 0 Å². The average Bonchev–Trinajstić information content (AvgIpc) is 3.25. The highest BCUT2D eigenvalue weighted by molar-refractivity contribution is 5.17. The van der Waals surface area contributed by atoms with Crippen molar-refractivity contribution in [3.63, 3.8) is 0 Å². The first-order valence-electron chi connectivity index (χ1n) is 19.2. The molecule has 7 rings (SSSR count). The highest BCUT2D eigenvalue weighted by atomic mass is 16.7. The van der Waals surface area contributed by atoms with Crippen molar-refractivity contribution >= 4 is 0 Å². The van der Waals surface area contributed by atoms with Gasteiger partial charge in [-0.1, -0.05) is 152 Å². The minimum Gasteiger partial charge on any atom is -0.493 e. The van der Waals surface area contributed by atoms with Crippen LogP contribution in [0.4, 0.5) is 0 Å². The zero-order valence-electron chi connectivity index (χ0n) is 31.4. The van der Waals surface area contributed by atoms with Crippen LogP contribution in [-0.4, -0.2) is 67.3 Å². The minimum absolute atomic E-state index is 0.0884. The molecular weight excluding hydrogens is 709 g/mol. The molecule has 9 nitrogen and oxygen atoms in total. The second kappa shape index (κ2) is 21.0. The van der Waals surface area contributed by atoms with E-state index in [9.17, 15) is 5.11 Å². The maximum atomic E-state index is 12.0. The Balaban J connectivity index is 1.16. The van der Waals surface area contributed by atoms with Crippen LogP contribution in [0.2, 0.25) is 0 Å². The quantitative estimate of drug-likeness (QED) is 0.0916. The van der Waals surface area contributed by atoms with E-state index in [2.05, 4.69) is 0 Å². The van der Waals surface area contributed by atoms with E-state index in [0.29, 0.717) is 19.8 Å². The van der Waals surface area contributed by atoms with Gasteiger partial charge >= 0.3 is 0 Å². The molecule has 1 saturated heterocycles. The molecular formula is C47H50O9. The smallest absolute Gasteiger partial charge is 0.187 e. The van der Waals surface area contributed by atoms with Crippen molar-refractivity contribution in [2.24, 2.45) is 0 Å². The van der Waals surface area contributed by atoms with Crippen LogP contribution in [0, 0.1) is 0 Å². The molecule has 2 aliphatic rings. The first kappa shape index (κ1) is 39.6. The molecule has 0 aliphatic carbocycles.